The monoisotopic (exact) mass is 321 g/mol. The molecule has 0 aliphatic heterocycles. The Morgan fingerprint density at radius 2 is 1.72 bits per heavy atom. The van der Waals surface area contributed by atoms with E-state index in [1.807, 2.05) is 0 Å². The fourth-order valence-electron chi connectivity index (χ4n) is 1.47. The van der Waals surface area contributed by atoms with Crippen molar-refractivity contribution in [2.45, 2.75) is 6.61 Å². The summed E-state index contributed by atoms with van der Waals surface area (Å²) >= 11 is 24.0. The first kappa shape index (κ1) is 13.9. The highest BCUT2D eigenvalue weighted by Crippen LogP contribution is 2.39. The second-order valence-electron chi connectivity index (χ2n) is 3.56. The maximum atomic E-state index is 9.00. The molecule has 1 aromatic carbocycles. The fraction of sp³-hybridized carbons (Fsp3) is 0.0833. The zero-order valence-corrected chi connectivity index (χ0v) is 11.9. The smallest absolute Gasteiger partial charge is 0.0903 e. The molecule has 0 fully saturated rings. The van der Waals surface area contributed by atoms with Crippen molar-refractivity contribution in [1.82, 2.24) is 4.98 Å². The summed E-state index contributed by atoms with van der Waals surface area (Å²) in [5.74, 6) is 0. The van der Waals surface area contributed by atoms with Crippen LogP contribution in [0.4, 0.5) is 0 Å². The maximum Gasteiger partial charge on any atom is 0.0903 e. The molecule has 0 radical (unpaired) electrons. The van der Waals surface area contributed by atoms with Gasteiger partial charge in [0.2, 0.25) is 0 Å². The molecule has 2 nitrogen and oxygen atoms in total. The predicted octanol–water partition coefficient (Wildman–Crippen LogP) is 4.85. The van der Waals surface area contributed by atoms with Crippen molar-refractivity contribution in [2.24, 2.45) is 0 Å². The highest BCUT2D eigenvalue weighted by Gasteiger charge is 2.14. The molecule has 2 rings (SSSR count). The van der Waals surface area contributed by atoms with Gasteiger partial charge in [-0.1, -0.05) is 46.4 Å². The van der Waals surface area contributed by atoms with E-state index in [-0.39, 0.29) is 11.6 Å². The number of aromatic nitrogens is 1. The minimum Gasteiger partial charge on any atom is -0.392 e. The van der Waals surface area contributed by atoms with Crippen molar-refractivity contribution in [1.29, 1.82) is 0 Å². The summed E-state index contributed by atoms with van der Waals surface area (Å²) in [6.45, 7) is -0.123. The predicted molar refractivity (Wildman–Crippen MR) is 75.6 cm³/mol. The van der Waals surface area contributed by atoms with Gasteiger partial charge in [-0.15, -0.1) is 0 Å². The lowest BCUT2D eigenvalue weighted by atomic mass is 10.1. The standard InChI is InChI=1S/C12H7Cl4NO/c13-8-2-1-7(10(15)11(8)16)12-9(14)3-6(5-18)4-17-12/h1-4,18H,5H2. The first-order valence-electron chi connectivity index (χ1n) is 4.93. The summed E-state index contributed by atoms with van der Waals surface area (Å²) < 4.78 is 0. The van der Waals surface area contributed by atoms with Gasteiger partial charge in [-0.3, -0.25) is 4.98 Å². The van der Waals surface area contributed by atoms with Gasteiger partial charge < -0.3 is 5.11 Å². The Balaban J connectivity index is 2.59. The third kappa shape index (κ3) is 2.58. The zero-order valence-electron chi connectivity index (χ0n) is 8.92. The Bertz CT molecular complexity index is 601. The Kier molecular flexibility index (Phi) is 4.36. The van der Waals surface area contributed by atoms with Crippen LogP contribution >= 0.6 is 46.4 Å². The quantitative estimate of drug-likeness (QED) is 0.801. The molecule has 0 saturated heterocycles. The molecule has 1 N–H and O–H groups in total. The molecule has 2 aromatic rings. The number of benzene rings is 1. The van der Waals surface area contributed by atoms with Crippen LogP contribution in [0.1, 0.15) is 5.56 Å². The molecule has 0 unspecified atom stereocenters. The average molecular weight is 323 g/mol. The molecule has 1 heterocycles. The van der Waals surface area contributed by atoms with Crippen molar-refractivity contribution in [2.75, 3.05) is 0 Å². The van der Waals surface area contributed by atoms with Crippen LogP contribution in [0.2, 0.25) is 20.1 Å². The molecule has 94 valence electrons. The van der Waals surface area contributed by atoms with Crippen molar-refractivity contribution in [3.05, 3.63) is 50.0 Å². The Morgan fingerprint density at radius 1 is 1.00 bits per heavy atom. The van der Waals surface area contributed by atoms with Crippen LogP contribution < -0.4 is 0 Å². The van der Waals surface area contributed by atoms with E-state index < -0.39 is 0 Å². The van der Waals surface area contributed by atoms with Crippen LogP contribution in [-0.4, -0.2) is 10.1 Å². The van der Waals surface area contributed by atoms with Crippen molar-refractivity contribution < 1.29 is 5.11 Å². The minimum absolute atomic E-state index is 0.123. The van der Waals surface area contributed by atoms with E-state index in [2.05, 4.69) is 4.98 Å². The van der Waals surface area contributed by atoms with Gasteiger partial charge in [0.25, 0.3) is 0 Å². The van der Waals surface area contributed by atoms with Gasteiger partial charge in [-0.05, 0) is 23.8 Å². The number of aliphatic hydroxyl groups excluding tert-OH is 1. The molecule has 0 spiro atoms. The summed E-state index contributed by atoms with van der Waals surface area (Å²) in [7, 11) is 0. The van der Waals surface area contributed by atoms with E-state index in [1.165, 1.54) is 6.20 Å². The lowest BCUT2D eigenvalue weighted by molar-refractivity contribution is 0.281. The summed E-state index contributed by atoms with van der Waals surface area (Å²) in [6.07, 6.45) is 1.53. The van der Waals surface area contributed by atoms with Gasteiger partial charge in [-0.2, -0.15) is 0 Å². The van der Waals surface area contributed by atoms with Crippen LogP contribution in [0.3, 0.4) is 0 Å². The van der Waals surface area contributed by atoms with E-state index in [1.54, 1.807) is 18.2 Å². The molecule has 0 atom stereocenters. The van der Waals surface area contributed by atoms with Gasteiger partial charge in [0, 0.05) is 11.8 Å². The summed E-state index contributed by atoms with van der Waals surface area (Å²) in [6, 6.07) is 4.95. The van der Waals surface area contributed by atoms with Crippen LogP contribution in [0.5, 0.6) is 0 Å². The van der Waals surface area contributed by atoms with Crippen molar-refractivity contribution in [3.63, 3.8) is 0 Å². The average Bonchev–Trinajstić information content (AvgIpc) is 2.37. The Morgan fingerprint density at radius 3 is 2.33 bits per heavy atom. The van der Waals surface area contributed by atoms with E-state index in [0.717, 1.165) is 0 Å². The second kappa shape index (κ2) is 5.64. The topological polar surface area (TPSA) is 33.1 Å². The number of rotatable bonds is 2. The number of hydrogen-bond donors (Lipinski definition) is 1. The van der Waals surface area contributed by atoms with Crippen LogP contribution in [0.25, 0.3) is 11.3 Å². The summed E-state index contributed by atoms with van der Waals surface area (Å²) in [5.41, 5.74) is 1.72. The van der Waals surface area contributed by atoms with E-state index in [4.69, 9.17) is 51.5 Å². The van der Waals surface area contributed by atoms with E-state index in [9.17, 15) is 0 Å². The van der Waals surface area contributed by atoms with E-state index in [0.29, 0.717) is 31.9 Å². The molecular formula is C12H7Cl4NO. The minimum atomic E-state index is -0.123. The molecule has 0 saturated carbocycles. The maximum absolute atomic E-state index is 9.00. The SMILES string of the molecule is OCc1cnc(-c2ccc(Cl)c(Cl)c2Cl)c(Cl)c1. The van der Waals surface area contributed by atoms with Crippen molar-refractivity contribution >= 4 is 46.4 Å². The molecule has 1 aromatic heterocycles. The third-order valence-corrected chi connectivity index (χ3v) is 3.95. The van der Waals surface area contributed by atoms with Crippen molar-refractivity contribution in [3.8, 4) is 11.3 Å². The lowest BCUT2D eigenvalue weighted by Gasteiger charge is -2.09. The normalized spacial score (nSPS) is 10.7. The Labute approximate surface area is 124 Å². The Hall–Kier alpha value is -0.510. The fourth-order valence-corrected chi connectivity index (χ4v) is 2.39. The second-order valence-corrected chi connectivity index (χ2v) is 5.13. The number of pyridine rings is 1. The largest absolute Gasteiger partial charge is 0.392 e. The molecule has 6 heteroatoms. The molecule has 0 aliphatic carbocycles. The van der Waals surface area contributed by atoms with Gasteiger partial charge in [0.15, 0.2) is 0 Å². The molecule has 0 bridgehead atoms. The van der Waals surface area contributed by atoms with Gasteiger partial charge in [-0.25, -0.2) is 0 Å². The van der Waals surface area contributed by atoms with Crippen LogP contribution in [0.15, 0.2) is 24.4 Å². The molecule has 0 amide bonds. The molecular weight excluding hydrogens is 316 g/mol. The number of nitrogens with zero attached hydrogens (tertiary/aromatic N) is 1. The summed E-state index contributed by atoms with van der Waals surface area (Å²) in [4.78, 5) is 4.17. The number of aliphatic hydroxyl groups is 1. The highest BCUT2D eigenvalue weighted by atomic mass is 35.5. The van der Waals surface area contributed by atoms with Gasteiger partial charge >= 0.3 is 0 Å². The third-order valence-electron chi connectivity index (χ3n) is 2.37. The number of hydrogen-bond acceptors (Lipinski definition) is 2. The highest BCUT2D eigenvalue weighted by molar-refractivity contribution is 6.49. The molecule has 18 heavy (non-hydrogen) atoms. The first-order valence-corrected chi connectivity index (χ1v) is 6.45. The lowest BCUT2D eigenvalue weighted by Crippen LogP contribution is -1.91. The van der Waals surface area contributed by atoms with Gasteiger partial charge in [0.05, 0.1) is 32.4 Å². The van der Waals surface area contributed by atoms with Crippen LogP contribution in [0, 0.1) is 0 Å². The first-order chi connectivity index (χ1) is 8.54. The zero-order chi connectivity index (χ0) is 13.3. The van der Waals surface area contributed by atoms with Crippen LogP contribution in [-0.2, 0) is 6.61 Å². The van der Waals surface area contributed by atoms with E-state index >= 15 is 0 Å². The summed E-state index contributed by atoms with van der Waals surface area (Å²) in [5, 5.41) is 10.3. The number of halogens is 4. The van der Waals surface area contributed by atoms with Gasteiger partial charge in [0.1, 0.15) is 0 Å². The molecule has 0 aliphatic rings.